The molecule has 0 aliphatic heterocycles. The molecule has 23 heavy (non-hydrogen) atoms. The molecule has 0 aliphatic carbocycles. The van der Waals surface area contributed by atoms with Gasteiger partial charge in [0.25, 0.3) is 11.6 Å². The first kappa shape index (κ1) is 17.2. The van der Waals surface area contributed by atoms with E-state index in [1.807, 2.05) is 0 Å². The highest BCUT2D eigenvalue weighted by Crippen LogP contribution is 2.27. The summed E-state index contributed by atoms with van der Waals surface area (Å²) >= 11 is 12.0. The number of hydrogen-bond acceptors (Lipinski definition) is 3. The molecule has 0 unspecified atom stereocenters. The summed E-state index contributed by atoms with van der Waals surface area (Å²) in [5, 5.41) is 14.8. The Labute approximate surface area is 143 Å². The van der Waals surface area contributed by atoms with Crippen LogP contribution < -0.4 is 5.32 Å². The van der Waals surface area contributed by atoms with Crippen molar-refractivity contribution in [3.8, 4) is 0 Å². The average molecular weight is 353 g/mol. The summed E-state index contributed by atoms with van der Waals surface area (Å²) in [5.41, 5.74) is 0.936. The molecule has 0 spiro atoms. The van der Waals surface area contributed by atoms with Crippen LogP contribution in [0.25, 0.3) is 0 Å². The number of nitrogens with zero attached hydrogens (tertiary/aromatic N) is 1. The van der Waals surface area contributed by atoms with Gasteiger partial charge >= 0.3 is 0 Å². The van der Waals surface area contributed by atoms with Crippen LogP contribution in [0.3, 0.4) is 0 Å². The van der Waals surface area contributed by atoms with Crippen molar-refractivity contribution in [3.63, 3.8) is 0 Å². The molecule has 0 radical (unpaired) electrons. The standard InChI is InChI=1S/C16H14Cl2N2O3/c1-9-4-3-5-13(15(9)20(22)23)16(21)19-10(2)12-7-6-11(17)8-14(12)18/h3-8,10H,1-2H3,(H,19,21)/t10-/m0/s1. The molecule has 1 atom stereocenters. The minimum absolute atomic E-state index is 0.0203. The van der Waals surface area contributed by atoms with E-state index in [-0.39, 0.29) is 11.3 Å². The summed E-state index contributed by atoms with van der Waals surface area (Å²) in [6.07, 6.45) is 0. The van der Waals surface area contributed by atoms with Crippen LogP contribution in [-0.2, 0) is 0 Å². The van der Waals surface area contributed by atoms with Gasteiger partial charge in [0, 0.05) is 15.6 Å². The fourth-order valence-electron chi connectivity index (χ4n) is 2.29. The van der Waals surface area contributed by atoms with E-state index < -0.39 is 16.9 Å². The molecule has 0 fully saturated rings. The molecule has 0 saturated heterocycles. The Morgan fingerprint density at radius 3 is 2.57 bits per heavy atom. The maximum Gasteiger partial charge on any atom is 0.285 e. The molecule has 2 aromatic carbocycles. The van der Waals surface area contributed by atoms with Crippen LogP contribution in [0, 0.1) is 17.0 Å². The first-order chi connectivity index (χ1) is 10.8. The molecule has 1 N–H and O–H groups in total. The fraction of sp³-hybridized carbons (Fsp3) is 0.188. The molecule has 5 nitrogen and oxygen atoms in total. The lowest BCUT2D eigenvalue weighted by Crippen LogP contribution is -2.27. The SMILES string of the molecule is Cc1cccc(C(=O)N[C@@H](C)c2ccc(Cl)cc2Cl)c1[N+](=O)[O-]. The van der Waals surface area contributed by atoms with Crippen LogP contribution in [0.2, 0.25) is 10.0 Å². The van der Waals surface area contributed by atoms with Crippen LogP contribution in [-0.4, -0.2) is 10.8 Å². The lowest BCUT2D eigenvalue weighted by Gasteiger charge is -2.16. The van der Waals surface area contributed by atoms with Gasteiger partial charge in [-0.3, -0.25) is 14.9 Å². The number of carbonyl (C=O) groups excluding carboxylic acids is 1. The van der Waals surface area contributed by atoms with Crippen molar-refractivity contribution in [2.45, 2.75) is 19.9 Å². The number of carbonyl (C=O) groups is 1. The van der Waals surface area contributed by atoms with Crippen molar-refractivity contribution in [2.24, 2.45) is 0 Å². The Balaban J connectivity index is 2.29. The molecule has 7 heteroatoms. The maximum absolute atomic E-state index is 12.4. The second-order valence-corrected chi connectivity index (χ2v) is 5.93. The number of para-hydroxylation sites is 1. The normalized spacial score (nSPS) is 11.8. The largest absolute Gasteiger partial charge is 0.345 e. The monoisotopic (exact) mass is 352 g/mol. The summed E-state index contributed by atoms with van der Waals surface area (Å²) in [6, 6.07) is 9.16. The number of hydrogen-bond donors (Lipinski definition) is 1. The topological polar surface area (TPSA) is 72.2 Å². The summed E-state index contributed by atoms with van der Waals surface area (Å²) in [7, 11) is 0. The highest BCUT2D eigenvalue weighted by molar-refractivity contribution is 6.35. The van der Waals surface area contributed by atoms with E-state index >= 15 is 0 Å². The zero-order chi connectivity index (χ0) is 17.1. The lowest BCUT2D eigenvalue weighted by atomic mass is 10.1. The fourth-order valence-corrected chi connectivity index (χ4v) is 2.86. The number of amides is 1. The quantitative estimate of drug-likeness (QED) is 0.640. The van der Waals surface area contributed by atoms with E-state index in [2.05, 4.69) is 5.32 Å². The van der Waals surface area contributed by atoms with Crippen molar-refractivity contribution >= 4 is 34.8 Å². The van der Waals surface area contributed by atoms with Crippen molar-refractivity contribution in [1.29, 1.82) is 0 Å². The van der Waals surface area contributed by atoms with Gasteiger partial charge in [-0.05, 0) is 37.6 Å². The maximum atomic E-state index is 12.4. The molecule has 0 heterocycles. The molecule has 0 bridgehead atoms. The Kier molecular flexibility index (Phi) is 5.23. The Hall–Kier alpha value is -2.11. The summed E-state index contributed by atoms with van der Waals surface area (Å²) in [4.78, 5) is 23.0. The highest BCUT2D eigenvalue weighted by atomic mass is 35.5. The third-order valence-corrected chi connectivity index (χ3v) is 4.00. The molecule has 120 valence electrons. The molecular weight excluding hydrogens is 339 g/mol. The van der Waals surface area contributed by atoms with E-state index in [1.54, 1.807) is 44.2 Å². The van der Waals surface area contributed by atoms with E-state index in [1.165, 1.54) is 6.07 Å². The van der Waals surface area contributed by atoms with E-state index in [9.17, 15) is 14.9 Å². The summed E-state index contributed by atoms with van der Waals surface area (Å²) < 4.78 is 0. The van der Waals surface area contributed by atoms with Gasteiger partial charge < -0.3 is 5.32 Å². The van der Waals surface area contributed by atoms with Crippen LogP contribution in [0.15, 0.2) is 36.4 Å². The molecular formula is C16H14Cl2N2O3. The van der Waals surface area contributed by atoms with Crippen LogP contribution in [0.5, 0.6) is 0 Å². The first-order valence-corrected chi connectivity index (χ1v) is 7.56. The Bertz CT molecular complexity index is 778. The van der Waals surface area contributed by atoms with Crippen molar-refractivity contribution in [3.05, 3.63) is 73.2 Å². The Morgan fingerprint density at radius 1 is 1.26 bits per heavy atom. The minimum atomic E-state index is -0.551. The summed E-state index contributed by atoms with van der Waals surface area (Å²) in [6.45, 7) is 3.34. The predicted octanol–water partition coefficient (Wildman–Crippen LogP) is 4.70. The van der Waals surface area contributed by atoms with E-state index in [0.29, 0.717) is 21.2 Å². The predicted molar refractivity (Wildman–Crippen MR) is 90.2 cm³/mol. The van der Waals surface area contributed by atoms with Gasteiger partial charge in [-0.2, -0.15) is 0 Å². The van der Waals surface area contributed by atoms with E-state index in [4.69, 9.17) is 23.2 Å². The molecule has 0 aromatic heterocycles. The third kappa shape index (κ3) is 3.81. The zero-order valence-electron chi connectivity index (χ0n) is 12.5. The Morgan fingerprint density at radius 2 is 1.96 bits per heavy atom. The molecule has 0 aliphatic rings. The van der Waals surface area contributed by atoms with Gasteiger partial charge in [-0.15, -0.1) is 0 Å². The van der Waals surface area contributed by atoms with Crippen molar-refractivity contribution in [2.75, 3.05) is 0 Å². The van der Waals surface area contributed by atoms with Gasteiger partial charge in [-0.25, -0.2) is 0 Å². The molecule has 2 rings (SSSR count). The number of nitro groups is 1. The zero-order valence-corrected chi connectivity index (χ0v) is 14.0. The van der Waals surface area contributed by atoms with Crippen molar-refractivity contribution < 1.29 is 9.72 Å². The molecule has 1 amide bonds. The minimum Gasteiger partial charge on any atom is -0.345 e. The van der Waals surface area contributed by atoms with Gasteiger partial charge in [0.1, 0.15) is 5.56 Å². The highest BCUT2D eigenvalue weighted by Gasteiger charge is 2.24. The number of rotatable bonds is 4. The molecule has 2 aromatic rings. The van der Waals surface area contributed by atoms with Gasteiger partial charge in [0.2, 0.25) is 0 Å². The van der Waals surface area contributed by atoms with Gasteiger partial charge in [0.05, 0.1) is 11.0 Å². The number of benzene rings is 2. The van der Waals surface area contributed by atoms with Crippen LogP contribution >= 0.6 is 23.2 Å². The molecule has 0 saturated carbocycles. The average Bonchev–Trinajstić information content (AvgIpc) is 2.46. The van der Waals surface area contributed by atoms with Gasteiger partial charge in [0.15, 0.2) is 0 Å². The lowest BCUT2D eigenvalue weighted by molar-refractivity contribution is -0.385. The first-order valence-electron chi connectivity index (χ1n) is 6.81. The van der Waals surface area contributed by atoms with Crippen molar-refractivity contribution in [1.82, 2.24) is 5.32 Å². The van der Waals surface area contributed by atoms with Crippen LogP contribution in [0.1, 0.15) is 34.5 Å². The number of nitro benzene ring substituents is 1. The van der Waals surface area contributed by atoms with Gasteiger partial charge in [-0.1, -0.05) is 41.4 Å². The smallest absolute Gasteiger partial charge is 0.285 e. The summed E-state index contributed by atoms with van der Waals surface area (Å²) in [5.74, 6) is -0.529. The van der Waals surface area contributed by atoms with E-state index in [0.717, 1.165) is 0 Å². The van der Waals surface area contributed by atoms with Crippen LogP contribution in [0.4, 0.5) is 5.69 Å². The number of nitrogens with one attached hydrogen (secondary N) is 1. The second kappa shape index (κ2) is 6.98. The second-order valence-electron chi connectivity index (χ2n) is 5.09. The number of halogens is 2. The third-order valence-electron chi connectivity index (χ3n) is 3.44. The number of aryl methyl sites for hydroxylation is 1.